The Morgan fingerprint density at radius 1 is 1.12 bits per heavy atom. The molecule has 2 aromatic carbocycles. The molecule has 1 aromatic heterocycles. The van der Waals surface area contributed by atoms with E-state index in [-0.39, 0.29) is 5.91 Å². The molecule has 0 atom stereocenters. The Kier molecular flexibility index (Phi) is 5.09. The summed E-state index contributed by atoms with van der Waals surface area (Å²) in [4.78, 5) is 16.5. The van der Waals surface area contributed by atoms with E-state index in [2.05, 4.69) is 32.9 Å². The molecule has 1 N–H and O–H groups in total. The average Bonchev–Trinajstić information content (AvgIpc) is 3.03. The number of hydrogen-bond acceptors (Lipinski definition) is 3. The van der Waals surface area contributed by atoms with Crippen molar-refractivity contribution in [1.82, 2.24) is 4.98 Å². The molecule has 3 nitrogen and oxygen atoms in total. The Balaban J connectivity index is 1.82. The molecular formula is C17H10F3IN2OS. The lowest BCUT2D eigenvalue weighted by Crippen LogP contribution is -2.13. The number of benzene rings is 2. The van der Waals surface area contributed by atoms with Crippen LogP contribution in [0.25, 0.3) is 11.3 Å². The minimum Gasteiger partial charge on any atom is -0.298 e. The number of amides is 1. The van der Waals surface area contributed by atoms with Crippen LogP contribution in [0.15, 0.2) is 53.9 Å². The van der Waals surface area contributed by atoms with E-state index in [4.69, 9.17) is 0 Å². The van der Waals surface area contributed by atoms with E-state index in [9.17, 15) is 18.0 Å². The van der Waals surface area contributed by atoms with E-state index in [1.165, 1.54) is 6.07 Å². The van der Waals surface area contributed by atoms with Crippen molar-refractivity contribution in [3.8, 4) is 11.3 Å². The SMILES string of the molecule is O=C(Nc1nc(-c2cccc(C(F)(F)F)c2)cs1)c1ccccc1I. The summed E-state index contributed by atoms with van der Waals surface area (Å²) in [5.74, 6) is -0.310. The quantitative estimate of drug-likeness (QED) is 0.496. The number of carbonyl (C=O) groups excluding carboxylic acids is 1. The van der Waals surface area contributed by atoms with Gasteiger partial charge in [-0.1, -0.05) is 24.3 Å². The van der Waals surface area contributed by atoms with Crippen molar-refractivity contribution in [3.05, 3.63) is 68.6 Å². The zero-order valence-electron chi connectivity index (χ0n) is 12.5. The van der Waals surface area contributed by atoms with Crippen molar-refractivity contribution in [2.24, 2.45) is 0 Å². The summed E-state index contributed by atoms with van der Waals surface area (Å²) in [6.45, 7) is 0. The fourth-order valence-electron chi connectivity index (χ4n) is 2.13. The van der Waals surface area contributed by atoms with Crippen LogP contribution < -0.4 is 5.32 Å². The number of alkyl halides is 3. The normalized spacial score (nSPS) is 11.4. The lowest BCUT2D eigenvalue weighted by molar-refractivity contribution is -0.137. The number of nitrogens with one attached hydrogen (secondary N) is 1. The molecule has 3 rings (SSSR count). The fraction of sp³-hybridized carbons (Fsp3) is 0.0588. The molecule has 1 amide bonds. The van der Waals surface area contributed by atoms with Gasteiger partial charge in [-0.25, -0.2) is 4.98 Å². The van der Waals surface area contributed by atoms with Gasteiger partial charge >= 0.3 is 6.18 Å². The van der Waals surface area contributed by atoms with Crippen LogP contribution >= 0.6 is 33.9 Å². The van der Waals surface area contributed by atoms with Gasteiger partial charge in [0.05, 0.1) is 16.8 Å². The Morgan fingerprint density at radius 2 is 1.88 bits per heavy atom. The highest BCUT2D eigenvalue weighted by Gasteiger charge is 2.30. The Bertz CT molecular complexity index is 924. The molecule has 0 aliphatic heterocycles. The number of carbonyl (C=O) groups is 1. The van der Waals surface area contributed by atoms with Gasteiger partial charge in [0.2, 0.25) is 0 Å². The van der Waals surface area contributed by atoms with E-state index < -0.39 is 11.7 Å². The predicted molar refractivity (Wildman–Crippen MR) is 99.7 cm³/mol. The van der Waals surface area contributed by atoms with Crippen molar-refractivity contribution in [2.45, 2.75) is 6.18 Å². The van der Waals surface area contributed by atoms with Gasteiger partial charge in [-0.05, 0) is 46.9 Å². The van der Waals surface area contributed by atoms with Crippen LogP contribution in [0.5, 0.6) is 0 Å². The zero-order valence-corrected chi connectivity index (χ0v) is 15.4. The number of hydrogen-bond donors (Lipinski definition) is 1. The highest BCUT2D eigenvalue weighted by atomic mass is 127. The topological polar surface area (TPSA) is 42.0 Å². The smallest absolute Gasteiger partial charge is 0.298 e. The van der Waals surface area contributed by atoms with E-state index in [0.717, 1.165) is 27.0 Å². The third-order valence-corrected chi connectivity index (χ3v) is 5.03. The molecule has 0 aliphatic rings. The van der Waals surface area contributed by atoms with Crippen molar-refractivity contribution in [2.75, 3.05) is 5.32 Å². The van der Waals surface area contributed by atoms with Gasteiger partial charge in [-0.15, -0.1) is 11.3 Å². The van der Waals surface area contributed by atoms with Crippen LogP contribution in [0.3, 0.4) is 0 Å². The minimum atomic E-state index is -4.41. The largest absolute Gasteiger partial charge is 0.416 e. The molecular weight excluding hydrogens is 464 g/mol. The lowest BCUT2D eigenvalue weighted by Gasteiger charge is -2.07. The first-order valence-corrected chi connectivity index (χ1v) is 8.99. The molecule has 1 heterocycles. The molecule has 3 aromatic rings. The lowest BCUT2D eigenvalue weighted by atomic mass is 10.1. The Morgan fingerprint density at radius 3 is 2.60 bits per heavy atom. The number of anilines is 1. The third kappa shape index (κ3) is 4.18. The Hall–Kier alpha value is -1.94. The van der Waals surface area contributed by atoms with Crippen LogP contribution in [-0.2, 0) is 6.18 Å². The monoisotopic (exact) mass is 474 g/mol. The van der Waals surface area contributed by atoms with Crippen LogP contribution in [0.4, 0.5) is 18.3 Å². The molecule has 128 valence electrons. The highest BCUT2D eigenvalue weighted by molar-refractivity contribution is 14.1. The van der Waals surface area contributed by atoms with Crippen LogP contribution in [-0.4, -0.2) is 10.9 Å². The number of halogens is 4. The molecule has 0 fully saturated rings. The molecule has 25 heavy (non-hydrogen) atoms. The molecule has 0 saturated carbocycles. The number of thiazole rings is 1. The average molecular weight is 474 g/mol. The third-order valence-electron chi connectivity index (χ3n) is 3.33. The van der Waals surface area contributed by atoms with Crippen molar-refractivity contribution >= 4 is 45.0 Å². The first-order valence-electron chi connectivity index (χ1n) is 7.03. The van der Waals surface area contributed by atoms with Gasteiger partial charge in [0.1, 0.15) is 0 Å². The van der Waals surface area contributed by atoms with Gasteiger partial charge in [0.25, 0.3) is 5.91 Å². The Labute approximate surface area is 159 Å². The minimum absolute atomic E-state index is 0.310. The number of rotatable bonds is 3. The second-order valence-corrected chi connectivity index (χ2v) is 7.07. The number of nitrogens with zero attached hydrogens (tertiary/aromatic N) is 1. The summed E-state index contributed by atoms with van der Waals surface area (Å²) < 4.78 is 39.2. The molecule has 0 spiro atoms. The predicted octanol–water partition coefficient (Wildman–Crippen LogP) is 5.69. The van der Waals surface area contributed by atoms with Crippen LogP contribution in [0.2, 0.25) is 0 Å². The van der Waals surface area contributed by atoms with Crippen LogP contribution in [0, 0.1) is 3.57 Å². The van der Waals surface area contributed by atoms with E-state index >= 15 is 0 Å². The van der Waals surface area contributed by atoms with Gasteiger partial charge in [-0.2, -0.15) is 13.2 Å². The van der Waals surface area contributed by atoms with Gasteiger partial charge in [-0.3, -0.25) is 10.1 Å². The number of aromatic nitrogens is 1. The van der Waals surface area contributed by atoms with Crippen molar-refractivity contribution in [1.29, 1.82) is 0 Å². The fourth-order valence-corrected chi connectivity index (χ4v) is 3.48. The van der Waals surface area contributed by atoms with Crippen molar-refractivity contribution < 1.29 is 18.0 Å². The molecule has 0 saturated heterocycles. The van der Waals surface area contributed by atoms with E-state index in [1.807, 2.05) is 12.1 Å². The molecule has 8 heteroatoms. The summed E-state index contributed by atoms with van der Waals surface area (Å²) in [5, 5.41) is 4.62. The summed E-state index contributed by atoms with van der Waals surface area (Å²) in [6, 6.07) is 12.0. The van der Waals surface area contributed by atoms with Crippen molar-refractivity contribution in [3.63, 3.8) is 0 Å². The maximum Gasteiger partial charge on any atom is 0.416 e. The maximum absolute atomic E-state index is 12.8. The summed E-state index contributed by atoms with van der Waals surface area (Å²) >= 11 is 3.22. The van der Waals surface area contributed by atoms with E-state index in [0.29, 0.717) is 22.0 Å². The first-order chi connectivity index (χ1) is 11.8. The highest BCUT2D eigenvalue weighted by Crippen LogP contribution is 2.33. The first kappa shape index (κ1) is 17.9. The van der Waals surface area contributed by atoms with Gasteiger partial charge < -0.3 is 0 Å². The molecule has 0 radical (unpaired) electrons. The van der Waals surface area contributed by atoms with Crippen LogP contribution in [0.1, 0.15) is 15.9 Å². The molecule has 0 unspecified atom stereocenters. The van der Waals surface area contributed by atoms with E-state index in [1.54, 1.807) is 23.6 Å². The summed E-state index contributed by atoms with van der Waals surface area (Å²) in [6.07, 6.45) is -4.41. The summed E-state index contributed by atoms with van der Waals surface area (Å²) in [5.41, 5.74) is 0.511. The summed E-state index contributed by atoms with van der Waals surface area (Å²) in [7, 11) is 0. The standard InChI is InChI=1S/C17H10F3IN2OS/c18-17(19,20)11-5-3-4-10(8-11)14-9-25-16(22-14)23-15(24)12-6-1-2-7-13(12)21/h1-9H,(H,22,23,24). The van der Waals surface area contributed by atoms with Gasteiger partial charge in [0.15, 0.2) is 5.13 Å². The second kappa shape index (κ2) is 7.12. The maximum atomic E-state index is 12.8. The molecule has 0 aliphatic carbocycles. The second-order valence-electron chi connectivity index (χ2n) is 5.05. The molecule has 0 bridgehead atoms. The van der Waals surface area contributed by atoms with Gasteiger partial charge in [0, 0.05) is 14.5 Å². The zero-order chi connectivity index (χ0) is 18.0.